The van der Waals surface area contributed by atoms with Gasteiger partial charge in [-0.2, -0.15) is 0 Å². The van der Waals surface area contributed by atoms with E-state index in [0.717, 1.165) is 29.3 Å². The van der Waals surface area contributed by atoms with E-state index in [1.54, 1.807) is 18.0 Å². The fourth-order valence-corrected chi connectivity index (χ4v) is 7.20. The summed E-state index contributed by atoms with van der Waals surface area (Å²) in [6.45, 7) is 10.6. The molecule has 0 radical (unpaired) electrons. The van der Waals surface area contributed by atoms with Crippen LogP contribution in [0.4, 0.5) is 22.8 Å². The first-order chi connectivity index (χ1) is 23.1. The Morgan fingerprint density at radius 1 is 1.00 bits per heavy atom. The number of likely N-dealkylation sites (tertiary alicyclic amines) is 1. The van der Waals surface area contributed by atoms with E-state index < -0.39 is 49.8 Å². The zero-order valence-electron chi connectivity index (χ0n) is 29.1. The SMILES string of the molecule is CN(C(=O)N1CC(c2cc(F)ccc2F)=CC1(CO[Si](C)(C)C(C)(C)C)c1ccccc1)C1CCN(C(=O)OCc2ccccc2)CC1F. The maximum Gasteiger partial charge on any atom is 0.410 e. The van der Waals surface area contributed by atoms with Crippen LogP contribution in [0.2, 0.25) is 18.1 Å². The maximum absolute atomic E-state index is 15.9. The molecule has 3 atom stereocenters. The van der Waals surface area contributed by atoms with Crippen molar-refractivity contribution in [3.8, 4) is 0 Å². The van der Waals surface area contributed by atoms with Gasteiger partial charge in [0.15, 0.2) is 8.32 Å². The number of hydrogen-bond acceptors (Lipinski definition) is 4. The molecule has 3 unspecified atom stereocenters. The van der Waals surface area contributed by atoms with Crippen molar-refractivity contribution < 1.29 is 31.9 Å². The number of piperidine rings is 1. The molecule has 262 valence electrons. The molecule has 0 spiro atoms. The number of amides is 3. The predicted octanol–water partition coefficient (Wildman–Crippen LogP) is 8.38. The van der Waals surface area contributed by atoms with E-state index in [1.165, 1.54) is 9.80 Å². The van der Waals surface area contributed by atoms with Gasteiger partial charge in [-0.1, -0.05) is 81.4 Å². The average Bonchev–Trinajstić information content (AvgIpc) is 3.47. The van der Waals surface area contributed by atoms with Crippen LogP contribution < -0.4 is 0 Å². The lowest BCUT2D eigenvalue weighted by Crippen LogP contribution is -2.60. The molecule has 2 heterocycles. The van der Waals surface area contributed by atoms with Crippen LogP contribution in [0.5, 0.6) is 0 Å². The molecule has 0 bridgehead atoms. The van der Waals surface area contributed by atoms with Gasteiger partial charge in [0.2, 0.25) is 0 Å². The highest BCUT2D eigenvalue weighted by atomic mass is 28.4. The summed E-state index contributed by atoms with van der Waals surface area (Å²) < 4.78 is 57.8. The topological polar surface area (TPSA) is 62.3 Å². The lowest BCUT2D eigenvalue weighted by Gasteiger charge is -2.46. The first-order valence-electron chi connectivity index (χ1n) is 16.6. The molecule has 3 amide bonds. The molecule has 1 fully saturated rings. The number of nitrogens with zero attached hydrogens (tertiary/aromatic N) is 3. The minimum Gasteiger partial charge on any atom is -0.445 e. The van der Waals surface area contributed by atoms with Gasteiger partial charge >= 0.3 is 12.1 Å². The van der Waals surface area contributed by atoms with Gasteiger partial charge in [0.1, 0.15) is 30.0 Å². The van der Waals surface area contributed by atoms with Crippen LogP contribution in [0.1, 0.15) is 43.9 Å². The summed E-state index contributed by atoms with van der Waals surface area (Å²) in [5, 5.41) is -0.145. The van der Waals surface area contributed by atoms with E-state index in [2.05, 4.69) is 33.9 Å². The van der Waals surface area contributed by atoms with Crippen molar-refractivity contribution in [2.24, 2.45) is 0 Å². The quantitative estimate of drug-likeness (QED) is 0.223. The maximum atomic E-state index is 15.9. The Hall–Kier alpha value is -4.09. The molecule has 3 aromatic carbocycles. The third-order valence-electron chi connectivity index (χ3n) is 10.2. The van der Waals surface area contributed by atoms with Crippen molar-refractivity contribution in [1.29, 1.82) is 0 Å². The first-order valence-corrected chi connectivity index (χ1v) is 19.5. The number of halogens is 3. The first kappa shape index (κ1) is 36.2. The number of benzene rings is 3. The summed E-state index contributed by atoms with van der Waals surface area (Å²) in [5.41, 5.74) is 0.828. The molecule has 0 aliphatic carbocycles. The number of urea groups is 1. The predicted molar refractivity (Wildman–Crippen MR) is 187 cm³/mol. The minimum absolute atomic E-state index is 0.0521. The van der Waals surface area contributed by atoms with E-state index >= 15 is 8.78 Å². The normalized spacial score (nSPS) is 21.4. The molecule has 5 rings (SSSR count). The van der Waals surface area contributed by atoms with Gasteiger partial charge in [0, 0.05) is 25.7 Å². The molecular formula is C38H46F3N3O4Si. The number of carbonyl (C=O) groups excluding carboxylic acids is 2. The second-order valence-electron chi connectivity index (χ2n) is 14.5. The molecule has 0 N–H and O–H groups in total. The zero-order chi connectivity index (χ0) is 35.6. The zero-order valence-corrected chi connectivity index (χ0v) is 30.1. The summed E-state index contributed by atoms with van der Waals surface area (Å²) >= 11 is 0. The van der Waals surface area contributed by atoms with E-state index in [4.69, 9.17) is 9.16 Å². The van der Waals surface area contributed by atoms with Crippen molar-refractivity contribution in [1.82, 2.24) is 14.7 Å². The number of rotatable bonds is 8. The number of carbonyl (C=O) groups is 2. The molecule has 11 heteroatoms. The van der Waals surface area contributed by atoms with Crippen LogP contribution in [0.3, 0.4) is 0 Å². The molecule has 49 heavy (non-hydrogen) atoms. The van der Waals surface area contributed by atoms with Crippen LogP contribution in [0.25, 0.3) is 5.57 Å². The lowest BCUT2D eigenvalue weighted by atomic mass is 9.89. The monoisotopic (exact) mass is 693 g/mol. The van der Waals surface area contributed by atoms with Gasteiger partial charge in [-0.15, -0.1) is 0 Å². The Balaban J connectivity index is 1.43. The fourth-order valence-electron chi connectivity index (χ4n) is 6.18. The molecule has 3 aromatic rings. The van der Waals surface area contributed by atoms with E-state index in [9.17, 15) is 14.0 Å². The van der Waals surface area contributed by atoms with Crippen molar-refractivity contribution in [3.05, 3.63) is 113 Å². The highest BCUT2D eigenvalue weighted by molar-refractivity contribution is 6.74. The Morgan fingerprint density at radius 2 is 1.65 bits per heavy atom. The summed E-state index contributed by atoms with van der Waals surface area (Å²) in [6, 6.07) is 20.5. The summed E-state index contributed by atoms with van der Waals surface area (Å²) in [5.74, 6) is -1.21. The number of alkyl halides is 1. The molecule has 7 nitrogen and oxygen atoms in total. The number of ether oxygens (including phenoxy) is 1. The van der Waals surface area contributed by atoms with Gasteiger partial charge in [-0.05, 0) is 65.5 Å². The van der Waals surface area contributed by atoms with Crippen LogP contribution >= 0.6 is 0 Å². The standard InChI is InChI=1S/C38H46F3N3O4Si/c1-37(2,3)49(5,6)48-26-38(29-15-11-8-12-16-29)22-28(31-21-30(39)17-18-32(31)40)23-44(38)35(45)42(4)34-19-20-43(24-33(34)41)36(46)47-25-27-13-9-7-10-14-27/h7-18,21-22,33-34H,19-20,23-26H2,1-6H3. The summed E-state index contributed by atoms with van der Waals surface area (Å²) in [6.07, 6.45) is -0.167. The molecule has 0 aromatic heterocycles. The van der Waals surface area contributed by atoms with Crippen molar-refractivity contribution in [2.75, 3.05) is 33.3 Å². The highest BCUT2D eigenvalue weighted by Crippen LogP contribution is 2.45. The van der Waals surface area contributed by atoms with E-state index in [-0.39, 0.29) is 49.9 Å². The number of hydrogen-bond donors (Lipinski definition) is 0. The van der Waals surface area contributed by atoms with E-state index in [0.29, 0.717) is 5.57 Å². The van der Waals surface area contributed by atoms with Gasteiger partial charge in [0.25, 0.3) is 0 Å². The Bertz CT molecular complexity index is 1670. The second-order valence-corrected chi connectivity index (χ2v) is 19.3. The lowest BCUT2D eigenvalue weighted by molar-refractivity contribution is 0.0282. The minimum atomic E-state index is -2.38. The van der Waals surface area contributed by atoms with Crippen LogP contribution in [0.15, 0.2) is 84.9 Å². The molecule has 1 saturated heterocycles. The molecule has 0 saturated carbocycles. The van der Waals surface area contributed by atoms with E-state index in [1.807, 2.05) is 60.7 Å². The highest BCUT2D eigenvalue weighted by Gasteiger charge is 2.50. The Morgan fingerprint density at radius 3 is 2.29 bits per heavy atom. The third kappa shape index (κ3) is 7.73. The smallest absolute Gasteiger partial charge is 0.410 e. The van der Waals surface area contributed by atoms with Crippen molar-refractivity contribution in [3.63, 3.8) is 0 Å². The molecule has 2 aliphatic heterocycles. The largest absolute Gasteiger partial charge is 0.445 e. The molecular weight excluding hydrogens is 648 g/mol. The molecule has 2 aliphatic rings. The average molecular weight is 694 g/mol. The van der Waals surface area contributed by atoms with Crippen molar-refractivity contribution in [2.45, 2.75) is 69.7 Å². The fraction of sp³-hybridized carbons (Fsp3) is 0.421. The Kier molecular flexibility index (Phi) is 10.6. The van der Waals surface area contributed by atoms with Crippen LogP contribution in [-0.4, -0.2) is 80.6 Å². The summed E-state index contributed by atoms with van der Waals surface area (Å²) in [7, 11) is -0.830. The Labute approximate surface area is 288 Å². The van der Waals surface area contributed by atoms with Gasteiger partial charge in [0.05, 0.1) is 19.2 Å². The van der Waals surface area contributed by atoms with Crippen LogP contribution in [-0.2, 0) is 21.3 Å². The van der Waals surface area contributed by atoms with Crippen LogP contribution in [0, 0.1) is 11.6 Å². The van der Waals surface area contributed by atoms with Crippen molar-refractivity contribution >= 4 is 26.0 Å². The summed E-state index contributed by atoms with van der Waals surface area (Å²) in [4.78, 5) is 31.7. The van der Waals surface area contributed by atoms with Gasteiger partial charge < -0.3 is 23.9 Å². The third-order valence-corrected chi connectivity index (χ3v) is 14.7. The second kappa shape index (κ2) is 14.4. The van der Waals surface area contributed by atoms with Gasteiger partial charge in [-0.3, -0.25) is 0 Å². The van der Waals surface area contributed by atoms with Gasteiger partial charge in [-0.25, -0.2) is 22.8 Å².